The van der Waals surface area contributed by atoms with Crippen molar-refractivity contribution < 1.29 is 35.9 Å². The molecule has 3 aromatic carbocycles. The molecule has 0 bridgehead atoms. The van der Waals surface area contributed by atoms with Gasteiger partial charge in [0.1, 0.15) is 5.75 Å². The number of rotatable bonds is 6. The van der Waals surface area contributed by atoms with Crippen molar-refractivity contribution >= 4 is 16.7 Å². The number of amides is 1. The fourth-order valence-corrected chi connectivity index (χ4v) is 4.16. The van der Waals surface area contributed by atoms with Crippen LogP contribution in [-0.2, 0) is 23.7 Å². The van der Waals surface area contributed by atoms with Gasteiger partial charge < -0.3 is 10.1 Å². The molecule has 1 heterocycles. The topological polar surface area (TPSA) is 51.2 Å². The summed E-state index contributed by atoms with van der Waals surface area (Å²) in [4.78, 5) is 17.0. The smallest absolute Gasteiger partial charge is 0.416 e. The van der Waals surface area contributed by atoms with Crippen LogP contribution in [0.15, 0.2) is 73.1 Å². The fourth-order valence-electron chi connectivity index (χ4n) is 4.16. The van der Waals surface area contributed by atoms with Gasteiger partial charge in [-0.2, -0.15) is 26.3 Å². The molecule has 1 N–H and O–H groups in total. The second-order valence-electron chi connectivity index (χ2n) is 8.70. The van der Waals surface area contributed by atoms with E-state index in [0.29, 0.717) is 23.4 Å². The first-order chi connectivity index (χ1) is 17.9. The lowest BCUT2D eigenvalue weighted by molar-refractivity contribution is -0.143. The Morgan fingerprint density at radius 2 is 1.61 bits per heavy atom. The number of benzene rings is 3. The molecule has 0 aliphatic heterocycles. The summed E-state index contributed by atoms with van der Waals surface area (Å²) >= 11 is 0. The van der Waals surface area contributed by atoms with Gasteiger partial charge in [0.25, 0.3) is 0 Å². The molecule has 0 aliphatic carbocycles. The summed E-state index contributed by atoms with van der Waals surface area (Å²) in [6.07, 6.45) is -6.74. The number of hydrogen-bond donors (Lipinski definition) is 1. The van der Waals surface area contributed by atoms with Crippen molar-refractivity contribution in [2.24, 2.45) is 0 Å². The zero-order valence-electron chi connectivity index (χ0n) is 20.2. The summed E-state index contributed by atoms with van der Waals surface area (Å²) in [6, 6.07) is 14.1. The van der Waals surface area contributed by atoms with Crippen molar-refractivity contribution in [3.05, 3.63) is 95.3 Å². The van der Waals surface area contributed by atoms with Crippen molar-refractivity contribution in [2.45, 2.75) is 31.7 Å². The van der Waals surface area contributed by atoms with E-state index in [4.69, 9.17) is 4.74 Å². The number of carbonyl (C=O) groups excluding carboxylic acids is 1. The van der Waals surface area contributed by atoms with Gasteiger partial charge in [0, 0.05) is 24.3 Å². The van der Waals surface area contributed by atoms with Crippen LogP contribution in [0.1, 0.15) is 35.1 Å². The first kappa shape index (κ1) is 27.0. The van der Waals surface area contributed by atoms with Crippen LogP contribution >= 0.6 is 0 Å². The highest BCUT2D eigenvalue weighted by Gasteiger charge is 2.37. The van der Waals surface area contributed by atoms with Crippen molar-refractivity contribution in [3.8, 4) is 16.9 Å². The predicted octanol–water partition coefficient (Wildman–Crippen LogP) is 7.37. The van der Waals surface area contributed by atoms with E-state index in [2.05, 4.69) is 10.3 Å². The molecule has 38 heavy (non-hydrogen) atoms. The van der Waals surface area contributed by atoms with Gasteiger partial charge in [-0.05, 0) is 71.0 Å². The van der Waals surface area contributed by atoms with Gasteiger partial charge in [0.15, 0.2) is 0 Å². The minimum atomic E-state index is -5.00. The zero-order valence-corrected chi connectivity index (χ0v) is 20.2. The van der Waals surface area contributed by atoms with Gasteiger partial charge in [-0.1, -0.05) is 24.3 Å². The highest BCUT2D eigenvalue weighted by molar-refractivity contribution is 5.98. The maximum atomic E-state index is 13.2. The molecule has 4 aromatic rings. The molecule has 0 aliphatic rings. The lowest BCUT2D eigenvalue weighted by Crippen LogP contribution is -2.28. The third kappa shape index (κ3) is 5.74. The number of pyridine rings is 1. The maximum absolute atomic E-state index is 13.2. The number of halogens is 6. The Morgan fingerprint density at radius 3 is 2.24 bits per heavy atom. The number of methoxy groups -OCH3 is 1. The molecule has 4 nitrogen and oxygen atoms in total. The van der Waals surface area contributed by atoms with Gasteiger partial charge in [0.2, 0.25) is 5.91 Å². The summed E-state index contributed by atoms with van der Waals surface area (Å²) in [5, 5.41) is 4.22. The minimum absolute atomic E-state index is 0.00511. The second kappa shape index (κ2) is 10.4. The van der Waals surface area contributed by atoms with E-state index in [-0.39, 0.29) is 18.2 Å². The summed E-state index contributed by atoms with van der Waals surface area (Å²) in [6.45, 7) is 1.26. The molecular weight excluding hydrogens is 510 g/mol. The highest BCUT2D eigenvalue weighted by atomic mass is 19.4. The van der Waals surface area contributed by atoms with E-state index in [9.17, 15) is 31.1 Å². The molecule has 0 fully saturated rings. The SMILES string of the molecule is COc1cccc(-c2ccc(CNC(=O)[C@H](C)c3cc(C(F)(F)F)cc(C(F)(F)F)c3)c3cnccc23)c1. The van der Waals surface area contributed by atoms with Crippen molar-refractivity contribution in [1.29, 1.82) is 0 Å². The zero-order chi connectivity index (χ0) is 27.7. The average molecular weight is 532 g/mol. The predicted molar refractivity (Wildman–Crippen MR) is 130 cm³/mol. The average Bonchev–Trinajstić information content (AvgIpc) is 2.89. The minimum Gasteiger partial charge on any atom is -0.497 e. The number of ether oxygens (including phenoxy) is 1. The Bertz CT molecular complexity index is 1450. The van der Waals surface area contributed by atoms with Crippen LogP contribution < -0.4 is 10.1 Å². The number of carbonyl (C=O) groups is 1. The van der Waals surface area contributed by atoms with Crippen molar-refractivity contribution in [2.75, 3.05) is 7.11 Å². The molecule has 0 saturated carbocycles. The van der Waals surface area contributed by atoms with Crippen LogP contribution in [0.5, 0.6) is 5.75 Å². The summed E-state index contributed by atoms with van der Waals surface area (Å²) < 4.78 is 84.7. The molecule has 1 amide bonds. The molecule has 0 radical (unpaired) electrons. The summed E-state index contributed by atoms with van der Waals surface area (Å²) in [7, 11) is 1.57. The molecule has 0 spiro atoms. The van der Waals surface area contributed by atoms with E-state index in [1.54, 1.807) is 25.6 Å². The Labute approximate surface area is 214 Å². The number of fused-ring (bicyclic) bond motifs is 1. The van der Waals surface area contributed by atoms with Gasteiger partial charge >= 0.3 is 12.4 Å². The number of nitrogens with zero attached hydrogens (tertiary/aromatic N) is 1. The Hall–Kier alpha value is -4.08. The van der Waals surface area contributed by atoms with Crippen LogP contribution in [0, 0.1) is 0 Å². The lowest BCUT2D eigenvalue weighted by Gasteiger charge is -2.18. The quantitative estimate of drug-likeness (QED) is 0.264. The highest BCUT2D eigenvalue weighted by Crippen LogP contribution is 2.38. The first-order valence-electron chi connectivity index (χ1n) is 11.5. The third-order valence-electron chi connectivity index (χ3n) is 6.25. The van der Waals surface area contributed by atoms with E-state index >= 15 is 0 Å². The van der Waals surface area contributed by atoms with Gasteiger partial charge in [-0.25, -0.2) is 0 Å². The third-order valence-corrected chi connectivity index (χ3v) is 6.25. The number of nitrogens with one attached hydrogen (secondary N) is 1. The van der Waals surface area contributed by atoms with Gasteiger partial charge in [-0.15, -0.1) is 0 Å². The molecule has 0 saturated heterocycles. The molecule has 1 atom stereocenters. The van der Waals surface area contributed by atoms with E-state index < -0.39 is 35.3 Å². The van der Waals surface area contributed by atoms with E-state index in [1.165, 1.54) is 6.92 Å². The van der Waals surface area contributed by atoms with Gasteiger partial charge in [-0.3, -0.25) is 9.78 Å². The molecular formula is C28H22F6N2O2. The van der Waals surface area contributed by atoms with E-state index in [0.717, 1.165) is 21.9 Å². The van der Waals surface area contributed by atoms with Crippen molar-refractivity contribution in [3.63, 3.8) is 0 Å². The maximum Gasteiger partial charge on any atom is 0.416 e. The molecule has 4 rings (SSSR count). The monoisotopic (exact) mass is 532 g/mol. The van der Waals surface area contributed by atoms with Crippen LogP contribution in [0.3, 0.4) is 0 Å². The van der Waals surface area contributed by atoms with Gasteiger partial charge in [0.05, 0.1) is 24.2 Å². The van der Waals surface area contributed by atoms with E-state index in [1.807, 2.05) is 36.4 Å². The van der Waals surface area contributed by atoms with Crippen LogP contribution in [0.25, 0.3) is 21.9 Å². The number of hydrogen-bond acceptors (Lipinski definition) is 3. The normalized spacial score (nSPS) is 12.8. The number of alkyl halides is 6. The largest absolute Gasteiger partial charge is 0.497 e. The lowest BCUT2D eigenvalue weighted by atomic mass is 9.94. The summed E-state index contributed by atoms with van der Waals surface area (Å²) in [5.41, 5.74) is -0.840. The van der Waals surface area contributed by atoms with Crippen LogP contribution in [0.2, 0.25) is 0 Å². The fraction of sp³-hybridized carbons (Fsp3) is 0.214. The summed E-state index contributed by atoms with van der Waals surface area (Å²) in [5.74, 6) is -1.30. The first-order valence-corrected chi connectivity index (χ1v) is 11.5. The molecule has 0 unspecified atom stereocenters. The Morgan fingerprint density at radius 1 is 0.921 bits per heavy atom. The number of aromatic nitrogens is 1. The van der Waals surface area contributed by atoms with Crippen LogP contribution in [0.4, 0.5) is 26.3 Å². The van der Waals surface area contributed by atoms with Crippen LogP contribution in [-0.4, -0.2) is 18.0 Å². The Kier molecular flexibility index (Phi) is 7.35. The second-order valence-corrected chi connectivity index (χ2v) is 8.70. The molecule has 10 heteroatoms. The molecule has 198 valence electrons. The standard InChI is InChI=1S/C28H22F6N2O2/c1-16(19-10-20(27(29,30)31)13-21(11-19)28(32,33)34)26(37)36-14-18-6-7-23(24-8-9-35-15-25(18)24)17-4-3-5-22(12-17)38-2/h3-13,15-16H,14H2,1-2H3,(H,36,37)/t16-/m1/s1. The Balaban J connectivity index is 1.61. The van der Waals surface area contributed by atoms with Crippen molar-refractivity contribution in [1.82, 2.24) is 10.3 Å². The molecule has 1 aromatic heterocycles.